The quantitative estimate of drug-likeness (QED) is 0.851. The molecule has 0 bridgehead atoms. The van der Waals surface area contributed by atoms with Crippen molar-refractivity contribution in [2.75, 3.05) is 49.5 Å². The number of carbonyl (C=O) groups is 1. The van der Waals surface area contributed by atoms with Crippen LogP contribution in [0.4, 0.5) is 11.4 Å². The lowest BCUT2D eigenvalue weighted by Crippen LogP contribution is -2.46. The Balaban J connectivity index is 1.35. The fourth-order valence-corrected chi connectivity index (χ4v) is 4.05. The number of piperazine rings is 1. The number of carbonyl (C=O) groups excluding carboxylic acids is 1. The lowest BCUT2D eigenvalue weighted by atomic mass is 9.96. The Labute approximate surface area is 171 Å². The van der Waals surface area contributed by atoms with Gasteiger partial charge in [-0.05, 0) is 61.0 Å². The van der Waals surface area contributed by atoms with Crippen LogP contribution in [0, 0.1) is 5.92 Å². The Morgan fingerprint density at radius 2 is 1.89 bits per heavy atom. The Hall–Kier alpha value is -2.24. The molecular weight excluding hydrogens is 374 g/mol. The van der Waals surface area contributed by atoms with Crippen molar-refractivity contribution in [1.82, 2.24) is 4.90 Å². The molecule has 2 heterocycles. The summed E-state index contributed by atoms with van der Waals surface area (Å²) in [5, 5.41) is 3.69. The number of hydrogen-bond acceptors (Lipinski definition) is 4. The molecule has 2 aliphatic heterocycles. The number of nitrogens with zero attached hydrogens (tertiary/aromatic N) is 2. The Bertz CT molecular complexity index is 832. The summed E-state index contributed by atoms with van der Waals surface area (Å²) in [5.41, 5.74) is 3.01. The number of ether oxygens (including phenoxy) is 1. The molecule has 0 spiro atoms. The first kappa shape index (κ1) is 19.1. The maximum Gasteiger partial charge on any atom is 0.231 e. The van der Waals surface area contributed by atoms with Gasteiger partial charge in [-0.25, -0.2) is 0 Å². The van der Waals surface area contributed by atoms with E-state index in [1.54, 1.807) is 0 Å². The predicted molar refractivity (Wildman–Crippen MR) is 114 cm³/mol. The van der Waals surface area contributed by atoms with Crippen LogP contribution in [0.2, 0.25) is 5.02 Å². The van der Waals surface area contributed by atoms with E-state index in [1.165, 1.54) is 5.69 Å². The van der Waals surface area contributed by atoms with Crippen molar-refractivity contribution in [3.8, 4) is 5.75 Å². The van der Waals surface area contributed by atoms with Crippen LogP contribution in [0.15, 0.2) is 42.5 Å². The fraction of sp³-hybridized carbons (Fsp3) is 0.409. The highest BCUT2D eigenvalue weighted by Crippen LogP contribution is 2.30. The van der Waals surface area contributed by atoms with Crippen molar-refractivity contribution in [3.05, 3.63) is 53.1 Å². The largest absolute Gasteiger partial charge is 0.492 e. The van der Waals surface area contributed by atoms with Gasteiger partial charge in [0.05, 0.1) is 5.92 Å². The molecular formula is C22H26ClN3O2. The topological polar surface area (TPSA) is 44.8 Å². The number of nitrogens with one attached hydrogen (secondary N) is 1. The van der Waals surface area contributed by atoms with E-state index in [-0.39, 0.29) is 11.8 Å². The van der Waals surface area contributed by atoms with Crippen molar-refractivity contribution in [3.63, 3.8) is 0 Å². The first-order chi connectivity index (χ1) is 13.6. The van der Waals surface area contributed by atoms with Gasteiger partial charge in [0.15, 0.2) is 0 Å². The molecule has 0 radical (unpaired) electrons. The summed E-state index contributed by atoms with van der Waals surface area (Å²) in [6.45, 7) is 7.99. The third-order valence-electron chi connectivity index (χ3n) is 5.62. The molecule has 2 aromatic carbocycles. The number of likely N-dealkylation sites (N-methyl/N-ethyl adjacent to an activating group) is 1. The molecule has 1 amide bonds. The standard InChI is InChI=1S/C22H26ClN3O2/c1-2-25-9-11-26(12-10-25)20-6-4-19(5-7-20)24-22(27)17-13-16-14-18(23)3-8-21(16)28-15-17/h3-8,14,17H,2,9-13,15H2,1H3,(H,24,27)/t17-/m0/s1. The molecule has 4 rings (SSSR count). The van der Waals surface area contributed by atoms with E-state index in [2.05, 4.69) is 34.2 Å². The second-order valence-corrected chi connectivity index (χ2v) is 7.86. The molecule has 148 valence electrons. The highest BCUT2D eigenvalue weighted by atomic mass is 35.5. The number of amides is 1. The molecule has 0 saturated carbocycles. The first-order valence-corrected chi connectivity index (χ1v) is 10.3. The van der Waals surface area contributed by atoms with Crippen LogP contribution < -0.4 is 15.0 Å². The fourth-order valence-electron chi connectivity index (χ4n) is 3.85. The van der Waals surface area contributed by atoms with E-state index in [4.69, 9.17) is 16.3 Å². The lowest BCUT2D eigenvalue weighted by molar-refractivity contribution is -0.121. The summed E-state index contributed by atoms with van der Waals surface area (Å²) >= 11 is 6.07. The van der Waals surface area contributed by atoms with Crippen LogP contribution in [0.1, 0.15) is 12.5 Å². The maximum absolute atomic E-state index is 12.7. The molecule has 6 heteroatoms. The molecule has 2 aromatic rings. The SMILES string of the molecule is CCN1CCN(c2ccc(NC(=O)[C@@H]3COc4ccc(Cl)cc4C3)cc2)CC1. The molecule has 2 aliphatic rings. The van der Waals surface area contributed by atoms with Gasteiger partial charge in [-0.15, -0.1) is 0 Å². The van der Waals surface area contributed by atoms with E-state index in [0.717, 1.165) is 49.7 Å². The number of rotatable bonds is 4. The summed E-state index contributed by atoms with van der Waals surface area (Å²) in [4.78, 5) is 17.5. The number of hydrogen-bond donors (Lipinski definition) is 1. The zero-order chi connectivity index (χ0) is 19.5. The van der Waals surface area contributed by atoms with Crippen LogP contribution in [0.5, 0.6) is 5.75 Å². The molecule has 1 atom stereocenters. The molecule has 5 nitrogen and oxygen atoms in total. The summed E-state index contributed by atoms with van der Waals surface area (Å²) in [6, 6.07) is 13.7. The minimum Gasteiger partial charge on any atom is -0.492 e. The molecule has 1 fully saturated rings. The zero-order valence-corrected chi connectivity index (χ0v) is 16.9. The van der Waals surface area contributed by atoms with E-state index in [1.807, 2.05) is 30.3 Å². The summed E-state index contributed by atoms with van der Waals surface area (Å²) in [7, 11) is 0. The van der Waals surface area contributed by atoms with Gasteiger partial charge in [0, 0.05) is 42.6 Å². The van der Waals surface area contributed by atoms with E-state index in [9.17, 15) is 4.79 Å². The Morgan fingerprint density at radius 3 is 2.61 bits per heavy atom. The highest BCUT2D eigenvalue weighted by molar-refractivity contribution is 6.30. The average Bonchev–Trinajstić information content (AvgIpc) is 2.74. The second kappa shape index (κ2) is 8.41. The van der Waals surface area contributed by atoms with Gasteiger partial charge in [0.2, 0.25) is 5.91 Å². The third-order valence-corrected chi connectivity index (χ3v) is 5.85. The van der Waals surface area contributed by atoms with Crippen molar-refractivity contribution >= 4 is 28.9 Å². The molecule has 28 heavy (non-hydrogen) atoms. The number of anilines is 2. The van der Waals surface area contributed by atoms with E-state index < -0.39 is 0 Å². The average molecular weight is 400 g/mol. The smallest absolute Gasteiger partial charge is 0.231 e. The highest BCUT2D eigenvalue weighted by Gasteiger charge is 2.26. The predicted octanol–water partition coefficient (Wildman–Crippen LogP) is 3.67. The minimum absolute atomic E-state index is 0.0186. The normalized spacial score (nSPS) is 19.6. The lowest BCUT2D eigenvalue weighted by Gasteiger charge is -2.35. The van der Waals surface area contributed by atoms with Crippen LogP contribution in [-0.4, -0.2) is 50.1 Å². The van der Waals surface area contributed by atoms with Crippen molar-refractivity contribution < 1.29 is 9.53 Å². The van der Waals surface area contributed by atoms with Gasteiger partial charge in [0.1, 0.15) is 12.4 Å². The van der Waals surface area contributed by atoms with Gasteiger partial charge in [-0.2, -0.15) is 0 Å². The number of fused-ring (bicyclic) bond motifs is 1. The van der Waals surface area contributed by atoms with Crippen LogP contribution >= 0.6 is 11.6 Å². The maximum atomic E-state index is 12.7. The van der Waals surface area contributed by atoms with Gasteiger partial charge < -0.3 is 19.9 Å². The Morgan fingerprint density at radius 1 is 1.14 bits per heavy atom. The van der Waals surface area contributed by atoms with Crippen molar-refractivity contribution in [2.45, 2.75) is 13.3 Å². The molecule has 0 aromatic heterocycles. The van der Waals surface area contributed by atoms with Crippen molar-refractivity contribution in [2.24, 2.45) is 5.92 Å². The third kappa shape index (κ3) is 4.26. The molecule has 0 unspecified atom stereocenters. The Kier molecular flexibility index (Phi) is 5.74. The van der Waals surface area contributed by atoms with Crippen LogP contribution in [-0.2, 0) is 11.2 Å². The van der Waals surface area contributed by atoms with Gasteiger partial charge in [-0.1, -0.05) is 18.5 Å². The zero-order valence-electron chi connectivity index (χ0n) is 16.2. The van der Waals surface area contributed by atoms with Gasteiger partial charge >= 0.3 is 0 Å². The van der Waals surface area contributed by atoms with Gasteiger partial charge in [-0.3, -0.25) is 4.79 Å². The second-order valence-electron chi connectivity index (χ2n) is 7.42. The molecule has 1 saturated heterocycles. The number of benzene rings is 2. The van der Waals surface area contributed by atoms with Crippen molar-refractivity contribution in [1.29, 1.82) is 0 Å². The van der Waals surface area contributed by atoms with E-state index in [0.29, 0.717) is 18.1 Å². The summed E-state index contributed by atoms with van der Waals surface area (Å²) < 4.78 is 5.74. The summed E-state index contributed by atoms with van der Waals surface area (Å²) in [5.74, 6) is 0.587. The monoisotopic (exact) mass is 399 g/mol. The van der Waals surface area contributed by atoms with E-state index >= 15 is 0 Å². The molecule has 0 aliphatic carbocycles. The number of halogens is 1. The van der Waals surface area contributed by atoms with Crippen LogP contribution in [0.3, 0.4) is 0 Å². The minimum atomic E-state index is -0.215. The van der Waals surface area contributed by atoms with Gasteiger partial charge in [0.25, 0.3) is 0 Å². The summed E-state index contributed by atoms with van der Waals surface area (Å²) in [6.07, 6.45) is 0.640. The molecule has 1 N–H and O–H groups in total. The first-order valence-electron chi connectivity index (χ1n) is 9.92. The van der Waals surface area contributed by atoms with Crippen LogP contribution in [0.25, 0.3) is 0 Å².